The number of carbonyl (C=O) groups excluding carboxylic acids is 1. The van der Waals surface area contributed by atoms with E-state index in [1.165, 1.54) is 11.3 Å². The molecule has 0 aliphatic rings. The third kappa shape index (κ3) is 4.07. The largest absolute Gasteiger partial charge is 0.300 e. The summed E-state index contributed by atoms with van der Waals surface area (Å²) in [6.07, 6.45) is 1.91. The number of nitrogens with one attached hydrogen (secondary N) is 1. The van der Waals surface area contributed by atoms with Gasteiger partial charge in [0, 0.05) is 11.3 Å². The highest BCUT2D eigenvalue weighted by molar-refractivity contribution is 7.15. The van der Waals surface area contributed by atoms with Gasteiger partial charge in [0.2, 0.25) is 11.0 Å². The summed E-state index contributed by atoms with van der Waals surface area (Å²) >= 11 is 1.45. The van der Waals surface area contributed by atoms with Crippen LogP contribution >= 0.6 is 11.3 Å². The standard InChI is InChI=1S/C12H21N3OS/c1-6-7-8(2)9(16)13-11-15-14-10(17-11)12(3,4)5/h8H,6-7H2,1-5H3,(H,13,15,16)/t8-/m0/s1. The highest BCUT2D eigenvalue weighted by atomic mass is 32.1. The molecule has 0 saturated heterocycles. The predicted octanol–water partition coefficient (Wildman–Crippen LogP) is 3.21. The Balaban J connectivity index is 2.64. The molecule has 1 aromatic rings. The van der Waals surface area contributed by atoms with Gasteiger partial charge in [-0.3, -0.25) is 4.79 Å². The number of nitrogens with zero attached hydrogens (tertiary/aromatic N) is 2. The summed E-state index contributed by atoms with van der Waals surface area (Å²) in [7, 11) is 0. The van der Waals surface area contributed by atoms with Gasteiger partial charge in [-0.15, -0.1) is 10.2 Å². The summed E-state index contributed by atoms with van der Waals surface area (Å²) in [5.74, 6) is 0.0606. The van der Waals surface area contributed by atoms with Crippen LogP contribution in [-0.2, 0) is 10.2 Å². The Bertz CT molecular complexity index is 381. The van der Waals surface area contributed by atoms with E-state index in [1.807, 2.05) is 6.92 Å². The third-order valence-electron chi connectivity index (χ3n) is 2.47. The minimum atomic E-state index is -0.0182. The van der Waals surface area contributed by atoms with E-state index in [4.69, 9.17) is 0 Å². The number of carbonyl (C=O) groups is 1. The molecule has 1 heterocycles. The first-order valence-electron chi connectivity index (χ1n) is 5.99. The Kier molecular flexibility index (Phi) is 4.62. The zero-order valence-electron chi connectivity index (χ0n) is 11.2. The fraction of sp³-hybridized carbons (Fsp3) is 0.750. The maximum atomic E-state index is 11.8. The molecular formula is C12H21N3OS. The zero-order valence-corrected chi connectivity index (χ0v) is 12.0. The number of rotatable bonds is 4. The smallest absolute Gasteiger partial charge is 0.229 e. The van der Waals surface area contributed by atoms with Gasteiger partial charge in [0.25, 0.3) is 0 Å². The molecule has 0 spiro atoms. The fourth-order valence-electron chi connectivity index (χ4n) is 1.37. The number of amides is 1. The van der Waals surface area contributed by atoms with Crippen LogP contribution in [0.5, 0.6) is 0 Å². The average molecular weight is 255 g/mol. The molecule has 17 heavy (non-hydrogen) atoms. The summed E-state index contributed by atoms with van der Waals surface area (Å²) in [5.41, 5.74) is -0.0182. The van der Waals surface area contributed by atoms with Crippen LogP contribution in [0.1, 0.15) is 52.5 Å². The Morgan fingerprint density at radius 3 is 2.53 bits per heavy atom. The van der Waals surface area contributed by atoms with Crippen molar-refractivity contribution < 1.29 is 4.79 Å². The summed E-state index contributed by atoms with van der Waals surface area (Å²) in [4.78, 5) is 11.8. The lowest BCUT2D eigenvalue weighted by atomic mass is 9.98. The van der Waals surface area contributed by atoms with Crippen molar-refractivity contribution in [3.05, 3.63) is 5.01 Å². The van der Waals surface area contributed by atoms with Crippen molar-refractivity contribution >= 4 is 22.4 Å². The fourth-order valence-corrected chi connectivity index (χ4v) is 2.17. The van der Waals surface area contributed by atoms with E-state index in [2.05, 4.69) is 43.2 Å². The quantitative estimate of drug-likeness (QED) is 0.898. The van der Waals surface area contributed by atoms with Gasteiger partial charge in [-0.1, -0.05) is 52.4 Å². The van der Waals surface area contributed by atoms with E-state index < -0.39 is 0 Å². The second-order valence-corrected chi connectivity index (χ2v) is 6.32. The van der Waals surface area contributed by atoms with Gasteiger partial charge >= 0.3 is 0 Å². The maximum Gasteiger partial charge on any atom is 0.229 e. The van der Waals surface area contributed by atoms with Crippen LogP contribution < -0.4 is 5.32 Å². The van der Waals surface area contributed by atoms with E-state index in [0.29, 0.717) is 5.13 Å². The predicted molar refractivity (Wildman–Crippen MR) is 71.3 cm³/mol. The molecule has 0 aromatic carbocycles. The number of hydrogen-bond donors (Lipinski definition) is 1. The van der Waals surface area contributed by atoms with Gasteiger partial charge in [0.05, 0.1) is 0 Å². The number of hydrogen-bond acceptors (Lipinski definition) is 4. The minimum Gasteiger partial charge on any atom is -0.300 e. The second-order valence-electron chi connectivity index (χ2n) is 5.34. The minimum absolute atomic E-state index is 0.0182. The molecule has 0 saturated carbocycles. The first kappa shape index (κ1) is 14.1. The van der Waals surface area contributed by atoms with Crippen LogP contribution in [0.2, 0.25) is 0 Å². The first-order valence-corrected chi connectivity index (χ1v) is 6.81. The van der Waals surface area contributed by atoms with Crippen molar-refractivity contribution in [3.63, 3.8) is 0 Å². The third-order valence-corrected chi connectivity index (χ3v) is 3.73. The summed E-state index contributed by atoms with van der Waals surface area (Å²) in [5, 5.41) is 12.5. The summed E-state index contributed by atoms with van der Waals surface area (Å²) < 4.78 is 0. The molecule has 1 N–H and O–H groups in total. The normalized spacial score (nSPS) is 13.5. The molecule has 96 valence electrons. The Hall–Kier alpha value is -0.970. The lowest BCUT2D eigenvalue weighted by molar-refractivity contribution is -0.119. The Morgan fingerprint density at radius 1 is 1.41 bits per heavy atom. The molecule has 1 aromatic heterocycles. The highest BCUT2D eigenvalue weighted by Crippen LogP contribution is 2.27. The molecule has 0 bridgehead atoms. The van der Waals surface area contributed by atoms with Gasteiger partial charge in [-0.05, 0) is 6.42 Å². The van der Waals surface area contributed by atoms with Crippen molar-refractivity contribution in [1.82, 2.24) is 10.2 Å². The SMILES string of the molecule is CCC[C@H](C)C(=O)Nc1nnc(C(C)(C)C)s1. The number of aromatic nitrogens is 2. The molecule has 0 unspecified atom stereocenters. The van der Waals surface area contributed by atoms with Gasteiger partial charge in [0.1, 0.15) is 5.01 Å². The Labute approximate surface area is 107 Å². The molecule has 1 atom stereocenters. The molecule has 1 amide bonds. The second kappa shape index (κ2) is 5.58. The van der Waals surface area contributed by atoms with Crippen molar-refractivity contribution in [3.8, 4) is 0 Å². The van der Waals surface area contributed by atoms with E-state index in [1.54, 1.807) is 0 Å². The van der Waals surface area contributed by atoms with Crippen LogP contribution in [0.4, 0.5) is 5.13 Å². The molecular weight excluding hydrogens is 234 g/mol. The van der Waals surface area contributed by atoms with Crippen molar-refractivity contribution in [1.29, 1.82) is 0 Å². The first-order chi connectivity index (χ1) is 7.84. The lowest BCUT2D eigenvalue weighted by Gasteiger charge is -2.12. The van der Waals surface area contributed by atoms with Crippen LogP contribution in [0.25, 0.3) is 0 Å². The van der Waals surface area contributed by atoms with E-state index >= 15 is 0 Å². The topological polar surface area (TPSA) is 54.9 Å². The average Bonchev–Trinajstić information content (AvgIpc) is 2.66. The molecule has 1 rings (SSSR count). The molecule has 0 aliphatic carbocycles. The molecule has 0 fully saturated rings. The van der Waals surface area contributed by atoms with Gasteiger partial charge < -0.3 is 5.32 Å². The summed E-state index contributed by atoms with van der Waals surface area (Å²) in [6, 6.07) is 0. The molecule has 4 nitrogen and oxygen atoms in total. The van der Waals surface area contributed by atoms with E-state index in [9.17, 15) is 4.79 Å². The van der Waals surface area contributed by atoms with Gasteiger partial charge in [0.15, 0.2) is 0 Å². The van der Waals surface area contributed by atoms with Crippen LogP contribution in [0.3, 0.4) is 0 Å². The monoisotopic (exact) mass is 255 g/mol. The maximum absolute atomic E-state index is 11.8. The van der Waals surface area contributed by atoms with Crippen molar-refractivity contribution in [2.24, 2.45) is 5.92 Å². The Morgan fingerprint density at radius 2 is 2.06 bits per heavy atom. The highest BCUT2D eigenvalue weighted by Gasteiger charge is 2.20. The van der Waals surface area contributed by atoms with Crippen LogP contribution in [0.15, 0.2) is 0 Å². The van der Waals surface area contributed by atoms with Gasteiger partial charge in [-0.25, -0.2) is 0 Å². The van der Waals surface area contributed by atoms with Gasteiger partial charge in [-0.2, -0.15) is 0 Å². The summed E-state index contributed by atoms with van der Waals surface area (Å²) in [6.45, 7) is 10.3. The zero-order chi connectivity index (χ0) is 13.1. The number of anilines is 1. The van der Waals surface area contributed by atoms with Crippen LogP contribution in [-0.4, -0.2) is 16.1 Å². The van der Waals surface area contributed by atoms with Crippen molar-refractivity contribution in [2.75, 3.05) is 5.32 Å². The lowest BCUT2D eigenvalue weighted by Crippen LogP contribution is -2.20. The van der Waals surface area contributed by atoms with E-state index in [0.717, 1.165) is 17.8 Å². The molecule has 0 aliphatic heterocycles. The van der Waals surface area contributed by atoms with Crippen LogP contribution in [0, 0.1) is 5.92 Å². The van der Waals surface area contributed by atoms with E-state index in [-0.39, 0.29) is 17.2 Å². The molecule has 0 radical (unpaired) electrons. The van der Waals surface area contributed by atoms with Crippen molar-refractivity contribution in [2.45, 2.75) is 52.9 Å². The molecule has 5 heteroatoms.